The summed E-state index contributed by atoms with van der Waals surface area (Å²) in [6, 6.07) is 5.23. The number of halogens is 1. The molecule has 1 aromatic heterocycles. The zero-order chi connectivity index (χ0) is 15.7. The molecule has 2 aromatic rings. The third-order valence-corrected chi connectivity index (χ3v) is 4.26. The van der Waals surface area contributed by atoms with Crippen LogP contribution in [0.1, 0.15) is 33.8 Å². The zero-order valence-electron chi connectivity index (χ0n) is 12.8. The first-order valence-corrected chi connectivity index (χ1v) is 7.49. The summed E-state index contributed by atoms with van der Waals surface area (Å²) in [7, 11) is 0. The van der Waals surface area contributed by atoms with E-state index < -0.39 is 0 Å². The Morgan fingerprint density at radius 2 is 2.27 bits per heavy atom. The lowest BCUT2D eigenvalue weighted by atomic mass is 9.97. The van der Waals surface area contributed by atoms with Gasteiger partial charge in [-0.1, -0.05) is 12.1 Å². The number of rotatable bonds is 3. The Morgan fingerprint density at radius 1 is 1.45 bits per heavy atom. The van der Waals surface area contributed by atoms with Crippen molar-refractivity contribution in [3.05, 3.63) is 53.0 Å². The molecule has 0 aliphatic carbocycles. The SMILES string of the molecule is Cc1cc(CC2CCN(C(=O)c3ocnc3C)C2)ccc1F. The number of benzene rings is 1. The van der Waals surface area contributed by atoms with Gasteiger partial charge in [0.1, 0.15) is 5.82 Å². The smallest absolute Gasteiger partial charge is 0.291 e. The van der Waals surface area contributed by atoms with Crippen molar-refractivity contribution < 1.29 is 13.6 Å². The van der Waals surface area contributed by atoms with Crippen LogP contribution >= 0.6 is 0 Å². The molecule has 0 saturated carbocycles. The highest BCUT2D eigenvalue weighted by molar-refractivity contribution is 5.92. The van der Waals surface area contributed by atoms with Gasteiger partial charge in [0.05, 0.1) is 5.69 Å². The molecule has 1 aliphatic rings. The molecule has 1 aromatic carbocycles. The number of oxazole rings is 1. The first kappa shape index (κ1) is 14.8. The average Bonchev–Trinajstić information content (AvgIpc) is 3.11. The molecule has 1 aliphatic heterocycles. The Morgan fingerprint density at radius 3 is 2.95 bits per heavy atom. The minimum absolute atomic E-state index is 0.0900. The van der Waals surface area contributed by atoms with Crippen LogP contribution in [0, 0.1) is 25.6 Å². The molecule has 116 valence electrons. The normalized spacial score (nSPS) is 18.0. The van der Waals surface area contributed by atoms with Crippen molar-refractivity contribution in [1.82, 2.24) is 9.88 Å². The van der Waals surface area contributed by atoms with Crippen LogP contribution in [-0.2, 0) is 6.42 Å². The first-order chi connectivity index (χ1) is 10.5. The van der Waals surface area contributed by atoms with Gasteiger partial charge in [0, 0.05) is 13.1 Å². The highest BCUT2D eigenvalue weighted by atomic mass is 19.1. The van der Waals surface area contributed by atoms with Crippen molar-refractivity contribution in [3.63, 3.8) is 0 Å². The summed E-state index contributed by atoms with van der Waals surface area (Å²) in [6.45, 7) is 4.97. The Hall–Kier alpha value is -2.17. The largest absolute Gasteiger partial charge is 0.438 e. The molecule has 0 bridgehead atoms. The lowest BCUT2D eigenvalue weighted by molar-refractivity contribution is 0.0754. The van der Waals surface area contributed by atoms with Gasteiger partial charge in [-0.05, 0) is 49.8 Å². The zero-order valence-corrected chi connectivity index (χ0v) is 12.8. The van der Waals surface area contributed by atoms with Crippen LogP contribution in [0.3, 0.4) is 0 Å². The van der Waals surface area contributed by atoms with Crippen LogP contribution in [0.2, 0.25) is 0 Å². The highest BCUT2D eigenvalue weighted by Gasteiger charge is 2.29. The van der Waals surface area contributed by atoms with E-state index in [1.54, 1.807) is 13.8 Å². The highest BCUT2D eigenvalue weighted by Crippen LogP contribution is 2.24. The Bertz CT molecular complexity index is 696. The van der Waals surface area contributed by atoms with Crippen molar-refractivity contribution in [2.24, 2.45) is 5.92 Å². The van der Waals surface area contributed by atoms with Crippen molar-refractivity contribution in [2.45, 2.75) is 26.7 Å². The topological polar surface area (TPSA) is 46.3 Å². The summed E-state index contributed by atoms with van der Waals surface area (Å²) in [6.07, 6.45) is 3.12. The summed E-state index contributed by atoms with van der Waals surface area (Å²) >= 11 is 0. The third-order valence-electron chi connectivity index (χ3n) is 4.26. The second kappa shape index (κ2) is 5.91. The van der Waals surface area contributed by atoms with Crippen LogP contribution in [0.25, 0.3) is 0 Å². The van der Waals surface area contributed by atoms with Gasteiger partial charge < -0.3 is 9.32 Å². The van der Waals surface area contributed by atoms with Gasteiger partial charge in [-0.3, -0.25) is 4.79 Å². The summed E-state index contributed by atoms with van der Waals surface area (Å²) in [5, 5.41) is 0. The Labute approximate surface area is 129 Å². The number of nitrogens with zero attached hydrogens (tertiary/aromatic N) is 2. The van der Waals surface area contributed by atoms with E-state index in [0.29, 0.717) is 29.5 Å². The molecule has 1 saturated heterocycles. The lowest BCUT2D eigenvalue weighted by Gasteiger charge is -2.15. The number of hydrogen-bond donors (Lipinski definition) is 0. The van der Waals surface area contributed by atoms with Crippen LogP contribution in [0.15, 0.2) is 29.0 Å². The molecule has 2 heterocycles. The van der Waals surface area contributed by atoms with Gasteiger partial charge in [-0.25, -0.2) is 9.37 Å². The number of aryl methyl sites for hydroxylation is 2. The maximum Gasteiger partial charge on any atom is 0.291 e. The number of carbonyl (C=O) groups excluding carboxylic acids is 1. The standard InChI is InChI=1S/C17H19FN2O2/c1-11-7-13(3-4-15(11)18)8-14-5-6-20(9-14)17(21)16-12(2)19-10-22-16/h3-4,7,10,14H,5-6,8-9H2,1-2H3. The van der Waals surface area contributed by atoms with E-state index in [0.717, 1.165) is 24.9 Å². The minimum atomic E-state index is -0.173. The van der Waals surface area contributed by atoms with E-state index in [1.807, 2.05) is 17.0 Å². The van der Waals surface area contributed by atoms with E-state index in [9.17, 15) is 9.18 Å². The molecular weight excluding hydrogens is 283 g/mol. The molecule has 1 unspecified atom stereocenters. The maximum atomic E-state index is 13.3. The van der Waals surface area contributed by atoms with E-state index in [-0.39, 0.29) is 11.7 Å². The predicted molar refractivity (Wildman–Crippen MR) is 80.1 cm³/mol. The predicted octanol–water partition coefficient (Wildman–Crippen LogP) is 3.14. The number of hydrogen-bond acceptors (Lipinski definition) is 3. The van der Waals surface area contributed by atoms with E-state index >= 15 is 0 Å². The molecule has 1 fully saturated rings. The third kappa shape index (κ3) is 2.89. The van der Waals surface area contributed by atoms with Crippen molar-refractivity contribution >= 4 is 5.91 Å². The number of carbonyl (C=O) groups is 1. The van der Waals surface area contributed by atoms with E-state index in [1.165, 1.54) is 12.5 Å². The molecule has 0 N–H and O–H groups in total. The molecule has 1 atom stereocenters. The summed E-state index contributed by atoms with van der Waals surface area (Å²) in [5.41, 5.74) is 2.41. The number of aromatic nitrogens is 1. The fourth-order valence-corrected chi connectivity index (χ4v) is 3.00. The van der Waals surface area contributed by atoms with Crippen molar-refractivity contribution in [2.75, 3.05) is 13.1 Å². The summed E-state index contributed by atoms with van der Waals surface area (Å²) < 4.78 is 18.5. The average molecular weight is 302 g/mol. The molecule has 4 nitrogen and oxygen atoms in total. The van der Waals surface area contributed by atoms with Crippen LogP contribution < -0.4 is 0 Å². The molecular formula is C17H19FN2O2. The van der Waals surface area contributed by atoms with E-state index in [2.05, 4.69) is 4.98 Å². The van der Waals surface area contributed by atoms with Crippen molar-refractivity contribution in [3.8, 4) is 0 Å². The van der Waals surface area contributed by atoms with Crippen LogP contribution in [0.5, 0.6) is 0 Å². The van der Waals surface area contributed by atoms with Gasteiger partial charge in [-0.2, -0.15) is 0 Å². The lowest BCUT2D eigenvalue weighted by Crippen LogP contribution is -2.29. The second-order valence-corrected chi connectivity index (χ2v) is 5.96. The molecule has 1 amide bonds. The summed E-state index contributed by atoms with van der Waals surface area (Å²) in [5.74, 6) is 0.468. The molecule has 0 spiro atoms. The monoisotopic (exact) mass is 302 g/mol. The molecule has 22 heavy (non-hydrogen) atoms. The van der Waals surface area contributed by atoms with Gasteiger partial charge >= 0.3 is 0 Å². The number of amides is 1. The Balaban J connectivity index is 1.64. The molecule has 5 heteroatoms. The second-order valence-electron chi connectivity index (χ2n) is 5.96. The fourth-order valence-electron chi connectivity index (χ4n) is 3.00. The summed E-state index contributed by atoms with van der Waals surface area (Å²) in [4.78, 5) is 18.1. The van der Waals surface area contributed by atoms with Gasteiger partial charge in [0.25, 0.3) is 5.91 Å². The molecule has 0 radical (unpaired) electrons. The maximum absolute atomic E-state index is 13.3. The minimum Gasteiger partial charge on any atom is -0.438 e. The van der Waals surface area contributed by atoms with Gasteiger partial charge in [-0.15, -0.1) is 0 Å². The number of likely N-dealkylation sites (tertiary alicyclic amines) is 1. The Kier molecular flexibility index (Phi) is 3.96. The van der Waals surface area contributed by atoms with E-state index in [4.69, 9.17) is 4.42 Å². The van der Waals surface area contributed by atoms with Crippen LogP contribution in [-0.4, -0.2) is 28.9 Å². The van der Waals surface area contributed by atoms with Gasteiger partial charge in [0.15, 0.2) is 6.39 Å². The quantitative estimate of drug-likeness (QED) is 0.875. The van der Waals surface area contributed by atoms with Gasteiger partial charge in [0.2, 0.25) is 5.76 Å². The van der Waals surface area contributed by atoms with Crippen LogP contribution in [0.4, 0.5) is 4.39 Å². The fraction of sp³-hybridized carbons (Fsp3) is 0.412. The first-order valence-electron chi connectivity index (χ1n) is 7.49. The molecule has 3 rings (SSSR count). The van der Waals surface area contributed by atoms with Crippen molar-refractivity contribution in [1.29, 1.82) is 0 Å².